The summed E-state index contributed by atoms with van der Waals surface area (Å²) in [6, 6.07) is 10.7. The van der Waals surface area contributed by atoms with Gasteiger partial charge in [-0.1, -0.05) is 18.2 Å². The SMILES string of the molecule is Cc1cc2ccccc2n1CCN(C)CC(=O)N1CCN(C)CC1. The molecule has 1 aliphatic rings. The molecule has 0 aliphatic carbocycles. The molecule has 0 spiro atoms. The van der Waals surface area contributed by atoms with Crippen LogP contribution in [0.4, 0.5) is 0 Å². The number of likely N-dealkylation sites (N-methyl/N-ethyl adjacent to an activating group) is 2. The summed E-state index contributed by atoms with van der Waals surface area (Å²) < 4.78 is 2.34. The Kier molecular flexibility index (Phi) is 5.21. The number of rotatable bonds is 5. The molecule has 2 heterocycles. The third-order valence-corrected chi connectivity index (χ3v) is 4.98. The highest BCUT2D eigenvalue weighted by Gasteiger charge is 2.20. The van der Waals surface area contributed by atoms with Gasteiger partial charge < -0.3 is 14.4 Å². The molecule has 1 saturated heterocycles. The van der Waals surface area contributed by atoms with Crippen molar-refractivity contribution < 1.29 is 4.79 Å². The molecule has 2 aromatic rings. The van der Waals surface area contributed by atoms with E-state index in [1.54, 1.807) is 0 Å². The lowest BCUT2D eigenvalue weighted by Crippen LogP contribution is -2.49. The molecule has 0 radical (unpaired) electrons. The van der Waals surface area contributed by atoms with E-state index in [1.165, 1.54) is 16.6 Å². The molecule has 0 atom stereocenters. The fourth-order valence-corrected chi connectivity index (χ4v) is 3.38. The number of aromatic nitrogens is 1. The van der Waals surface area contributed by atoms with Crippen molar-refractivity contribution in [2.45, 2.75) is 13.5 Å². The summed E-state index contributed by atoms with van der Waals surface area (Å²) in [7, 11) is 4.15. The quantitative estimate of drug-likeness (QED) is 0.836. The highest BCUT2D eigenvalue weighted by Crippen LogP contribution is 2.18. The predicted molar refractivity (Wildman–Crippen MR) is 98.2 cm³/mol. The smallest absolute Gasteiger partial charge is 0.236 e. The van der Waals surface area contributed by atoms with Crippen molar-refractivity contribution in [1.29, 1.82) is 0 Å². The number of carbonyl (C=O) groups excluding carboxylic acids is 1. The molecule has 0 saturated carbocycles. The largest absolute Gasteiger partial charge is 0.344 e. The topological polar surface area (TPSA) is 31.7 Å². The Labute approximate surface area is 144 Å². The molecule has 0 bridgehead atoms. The Morgan fingerprint density at radius 2 is 1.88 bits per heavy atom. The molecule has 24 heavy (non-hydrogen) atoms. The molecule has 3 rings (SSSR count). The van der Waals surface area contributed by atoms with Crippen molar-refractivity contribution in [3.05, 3.63) is 36.0 Å². The molecular formula is C19H28N4O. The van der Waals surface area contributed by atoms with E-state index < -0.39 is 0 Å². The molecule has 1 aromatic carbocycles. The third-order valence-electron chi connectivity index (χ3n) is 4.98. The minimum Gasteiger partial charge on any atom is -0.344 e. The Hall–Kier alpha value is -1.85. The zero-order valence-electron chi connectivity index (χ0n) is 15.0. The first kappa shape index (κ1) is 17.0. The first-order valence-corrected chi connectivity index (χ1v) is 8.74. The van der Waals surface area contributed by atoms with Crippen molar-refractivity contribution in [3.8, 4) is 0 Å². The molecule has 1 aromatic heterocycles. The van der Waals surface area contributed by atoms with Crippen molar-refractivity contribution in [3.63, 3.8) is 0 Å². The molecule has 5 heteroatoms. The van der Waals surface area contributed by atoms with E-state index in [2.05, 4.69) is 58.7 Å². The van der Waals surface area contributed by atoms with Gasteiger partial charge in [0.15, 0.2) is 0 Å². The lowest BCUT2D eigenvalue weighted by atomic mass is 10.2. The average molecular weight is 328 g/mol. The summed E-state index contributed by atoms with van der Waals surface area (Å²) in [5, 5.41) is 1.28. The maximum Gasteiger partial charge on any atom is 0.236 e. The highest BCUT2D eigenvalue weighted by molar-refractivity contribution is 5.81. The van der Waals surface area contributed by atoms with Gasteiger partial charge in [0.2, 0.25) is 5.91 Å². The molecule has 130 valence electrons. The summed E-state index contributed by atoms with van der Waals surface area (Å²) >= 11 is 0. The van der Waals surface area contributed by atoms with Crippen molar-refractivity contribution in [2.75, 3.05) is 53.4 Å². The van der Waals surface area contributed by atoms with E-state index in [1.807, 2.05) is 11.9 Å². The molecule has 1 fully saturated rings. The van der Waals surface area contributed by atoms with Crippen LogP contribution < -0.4 is 0 Å². The van der Waals surface area contributed by atoms with Crippen molar-refractivity contribution in [2.24, 2.45) is 0 Å². The fourth-order valence-electron chi connectivity index (χ4n) is 3.38. The van der Waals surface area contributed by atoms with Crippen LogP contribution in [0, 0.1) is 6.92 Å². The standard InChI is InChI=1S/C19H28N4O/c1-16-14-17-6-4-5-7-18(17)23(16)13-10-21(3)15-19(24)22-11-8-20(2)9-12-22/h4-7,14H,8-13,15H2,1-3H3. The number of hydrogen-bond donors (Lipinski definition) is 0. The van der Waals surface area contributed by atoms with E-state index in [-0.39, 0.29) is 5.91 Å². The van der Waals surface area contributed by atoms with Crippen LogP contribution in [0.2, 0.25) is 0 Å². The Morgan fingerprint density at radius 3 is 2.62 bits per heavy atom. The van der Waals surface area contributed by atoms with Crippen molar-refractivity contribution in [1.82, 2.24) is 19.3 Å². The van der Waals surface area contributed by atoms with Crippen molar-refractivity contribution >= 4 is 16.8 Å². The van der Waals surface area contributed by atoms with Crippen LogP contribution in [0.25, 0.3) is 10.9 Å². The monoisotopic (exact) mass is 328 g/mol. The molecule has 0 N–H and O–H groups in total. The number of carbonyl (C=O) groups is 1. The van der Waals surface area contributed by atoms with E-state index in [9.17, 15) is 4.79 Å². The maximum absolute atomic E-state index is 12.4. The second kappa shape index (κ2) is 7.36. The summed E-state index contributed by atoms with van der Waals surface area (Å²) in [6.07, 6.45) is 0. The number of fused-ring (bicyclic) bond motifs is 1. The number of piperazine rings is 1. The molecule has 0 unspecified atom stereocenters. The van der Waals surface area contributed by atoms with Crippen LogP contribution in [0.5, 0.6) is 0 Å². The summed E-state index contributed by atoms with van der Waals surface area (Å²) in [4.78, 5) is 18.8. The first-order chi connectivity index (χ1) is 11.5. The number of para-hydroxylation sites is 1. The number of aryl methyl sites for hydroxylation is 1. The number of hydrogen-bond acceptors (Lipinski definition) is 3. The zero-order valence-corrected chi connectivity index (χ0v) is 15.0. The van der Waals surface area contributed by atoms with Gasteiger partial charge in [-0.15, -0.1) is 0 Å². The van der Waals surface area contributed by atoms with Gasteiger partial charge in [-0.3, -0.25) is 9.69 Å². The van der Waals surface area contributed by atoms with Crippen LogP contribution >= 0.6 is 0 Å². The summed E-state index contributed by atoms with van der Waals surface area (Å²) in [6.45, 7) is 8.09. The Morgan fingerprint density at radius 1 is 1.17 bits per heavy atom. The third kappa shape index (κ3) is 3.79. The van der Waals surface area contributed by atoms with E-state index in [0.717, 1.165) is 39.3 Å². The minimum atomic E-state index is 0.250. The number of nitrogens with zero attached hydrogens (tertiary/aromatic N) is 4. The van der Waals surface area contributed by atoms with Gasteiger partial charge in [-0.25, -0.2) is 0 Å². The van der Waals surface area contributed by atoms with Gasteiger partial charge in [0.25, 0.3) is 0 Å². The van der Waals surface area contributed by atoms with Gasteiger partial charge in [0, 0.05) is 50.5 Å². The maximum atomic E-state index is 12.4. The van der Waals surface area contributed by atoms with Crippen LogP contribution in [0.15, 0.2) is 30.3 Å². The van der Waals surface area contributed by atoms with Gasteiger partial charge in [0.05, 0.1) is 6.54 Å². The van der Waals surface area contributed by atoms with E-state index in [0.29, 0.717) is 6.54 Å². The fraction of sp³-hybridized carbons (Fsp3) is 0.526. The van der Waals surface area contributed by atoms with E-state index >= 15 is 0 Å². The minimum absolute atomic E-state index is 0.250. The van der Waals surface area contributed by atoms with Crippen LogP contribution in [-0.4, -0.2) is 78.5 Å². The number of amides is 1. The molecule has 1 aliphatic heterocycles. The summed E-state index contributed by atoms with van der Waals surface area (Å²) in [5.74, 6) is 0.250. The summed E-state index contributed by atoms with van der Waals surface area (Å²) in [5.41, 5.74) is 2.55. The Balaban J connectivity index is 1.54. The Bertz CT molecular complexity index is 700. The average Bonchev–Trinajstić information content (AvgIpc) is 2.88. The van der Waals surface area contributed by atoms with Crippen LogP contribution in [0.3, 0.4) is 0 Å². The van der Waals surface area contributed by atoms with Gasteiger partial charge in [0.1, 0.15) is 0 Å². The predicted octanol–water partition coefficient (Wildman–Crippen LogP) is 1.66. The zero-order chi connectivity index (χ0) is 17.1. The lowest BCUT2D eigenvalue weighted by molar-refractivity contribution is -0.133. The van der Waals surface area contributed by atoms with Crippen LogP contribution in [0.1, 0.15) is 5.69 Å². The molecule has 1 amide bonds. The van der Waals surface area contributed by atoms with E-state index in [4.69, 9.17) is 0 Å². The molecular weight excluding hydrogens is 300 g/mol. The second-order valence-electron chi connectivity index (χ2n) is 6.92. The normalized spacial score (nSPS) is 16.2. The van der Waals surface area contributed by atoms with Gasteiger partial charge in [-0.2, -0.15) is 0 Å². The van der Waals surface area contributed by atoms with Gasteiger partial charge in [-0.05, 0) is 38.5 Å². The second-order valence-corrected chi connectivity index (χ2v) is 6.92. The highest BCUT2D eigenvalue weighted by atomic mass is 16.2. The number of benzene rings is 1. The van der Waals surface area contributed by atoms with Gasteiger partial charge >= 0.3 is 0 Å². The lowest BCUT2D eigenvalue weighted by Gasteiger charge is -2.33. The van der Waals surface area contributed by atoms with Crippen LogP contribution in [-0.2, 0) is 11.3 Å². The first-order valence-electron chi connectivity index (χ1n) is 8.74. The molecule has 5 nitrogen and oxygen atoms in total.